The van der Waals surface area contributed by atoms with Crippen LogP contribution in [0.1, 0.15) is 31.2 Å². The third kappa shape index (κ3) is 3.24. The van der Waals surface area contributed by atoms with Gasteiger partial charge in [-0.25, -0.2) is 13.2 Å². The summed E-state index contributed by atoms with van der Waals surface area (Å²) in [5, 5.41) is 3.45. The smallest absolute Gasteiger partial charge is 0.161 e. The molecule has 0 aliphatic carbocycles. The molecule has 0 amide bonds. The van der Waals surface area contributed by atoms with Crippen molar-refractivity contribution in [1.82, 2.24) is 10.2 Å². The van der Waals surface area contributed by atoms with Gasteiger partial charge in [0.2, 0.25) is 0 Å². The maximum absolute atomic E-state index is 13.8. The van der Waals surface area contributed by atoms with Gasteiger partial charge in [0.05, 0.1) is 0 Å². The molecule has 1 unspecified atom stereocenters. The molecule has 0 radical (unpaired) electrons. The molecule has 1 aromatic rings. The first-order valence-electron chi connectivity index (χ1n) is 7.65. The maximum atomic E-state index is 13.8. The summed E-state index contributed by atoms with van der Waals surface area (Å²) in [6.07, 6.45) is 4.63. The van der Waals surface area contributed by atoms with Crippen LogP contribution in [-0.2, 0) is 6.54 Å². The lowest BCUT2D eigenvalue weighted by molar-refractivity contribution is 0.0593. The van der Waals surface area contributed by atoms with Crippen molar-refractivity contribution in [1.29, 1.82) is 0 Å². The van der Waals surface area contributed by atoms with Crippen molar-refractivity contribution in [2.75, 3.05) is 26.2 Å². The number of likely N-dealkylation sites (tertiary alicyclic amines) is 1. The molecule has 2 saturated heterocycles. The van der Waals surface area contributed by atoms with E-state index in [1.54, 1.807) is 0 Å². The van der Waals surface area contributed by atoms with Crippen LogP contribution < -0.4 is 5.32 Å². The first-order valence-corrected chi connectivity index (χ1v) is 7.65. The lowest BCUT2D eigenvalue weighted by Crippen LogP contribution is -2.50. The molecule has 1 N–H and O–H groups in total. The Morgan fingerprint density at radius 1 is 1.05 bits per heavy atom. The Bertz CT molecular complexity index is 507. The van der Waals surface area contributed by atoms with E-state index < -0.39 is 17.5 Å². The minimum Gasteiger partial charge on any atom is -0.316 e. The Labute approximate surface area is 123 Å². The van der Waals surface area contributed by atoms with E-state index in [1.165, 1.54) is 19.3 Å². The molecule has 2 heterocycles. The molecule has 21 heavy (non-hydrogen) atoms. The molecule has 1 atom stereocenters. The Morgan fingerprint density at radius 2 is 1.81 bits per heavy atom. The van der Waals surface area contributed by atoms with Gasteiger partial charge >= 0.3 is 0 Å². The fraction of sp³-hybridized carbons (Fsp3) is 0.625. The van der Waals surface area contributed by atoms with Crippen molar-refractivity contribution in [3.8, 4) is 0 Å². The van der Waals surface area contributed by atoms with Gasteiger partial charge in [-0.3, -0.25) is 4.90 Å². The van der Waals surface area contributed by atoms with Crippen molar-refractivity contribution in [3.63, 3.8) is 0 Å². The van der Waals surface area contributed by atoms with E-state index in [0.29, 0.717) is 12.6 Å². The second kappa shape index (κ2) is 5.97. The fourth-order valence-electron chi connectivity index (χ4n) is 3.75. The molecule has 2 aliphatic heterocycles. The summed E-state index contributed by atoms with van der Waals surface area (Å²) in [5.41, 5.74) is 0.515. The number of halogens is 3. The normalized spacial score (nSPS) is 27.2. The van der Waals surface area contributed by atoms with E-state index in [9.17, 15) is 13.2 Å². The summed E-state index contributed by atoms with van der Waals surface area (Å²) in [5.74, 6) is -2.75. The minimum absolute atomic E-state index is 0.245. The van der Waals surface area contributed by atoms with Gasteiger partial charge < -0.3 is 5.32 Å². The highest BCUT2D eigenvalue weighted by atomic mass is 19.2. The Balaban J connectivity index is 1.71. The molecule has 0 saturated carbocycles. The lowest BCUT2D eigenvalue weighted by atomic mass is 9.74. The van der Waals surface area contributed by atoms with Gasteiger partial charge in [-0.15, -0.1) is 0 Å². The average molecular weight is 298 g/mol. The van der Waals surface area contributed by atoms with Crippen LogP contribution in [0.15, 0.2) is 12.1 Å². The zero-order valence-electron chi connectivity index (χ0n) is 12.1. The topological polar surface area (TPSA) is 15.3 Å². The highest BCUT2D eigenvalue weighted by Crippen LogP contribution is 2.36. The largest absolute Gasteiger partial charge is 0.316 e. The van der Waals surface area contributed by atoms with Gasteiger partial charge in [0.25, 0.3) is 0 Å². The van der Waals surface area contributed by atoms with Gasteiger partial charge in [0, 0.05) is 31.3 Å². The molecule has 1 aromatic carbocycles. The number of benzene rings is 1. The zero-order valence-corrected chi connectivity index (χ0v) is 12.1. The number of piperidine rings is 2. The van der Waals surface area contributed by atoms with E-state index in [1.807, 2.05) is 0 Å². The van der Waals surface area contributed by atoms with Crippen LogP contribution in [0.5, 0.6) is 0 Å². The van der Waals surface area contributed by atoms with Gasteiger partial charge in [-0.05, 0) is 50.3 Å². The molecule has 5 heteroatoms. The molecular formula is C16H21F3N2. The van der Waals surface area contributed by atoms with Crippen LogP contribution in [0.2, 0.25) is 0 Å². The number of rotatable bonds is 2. The Hall–Kier alpha value is -1.07. The molecule has 1 spiro atoms. The highest BCUT2D eigenvalue weighted by molar-refractivity contribution is 5.20. The maximum Gasteiger partial charge on any atom is 0.161 e. The van der Waals surface area contributed by atoms with Crippen LogP contribution in [0.25, 0.3) is 0 Å². The van der Waals surface area contributed by atoms with Crippen LogP contribution in [0.3, 0.4) is 0 Å². The molecule has 2 nitrogen and oxygen atoms in total. The third-order valence-corrected chi connectivity index (χ3v) is 4.78. The molecule has 2 fully saturated rings. The lowest BCUT2D eigenvalue weighted by Gasteiger charge is -2.45. The van der Waals surface area contributed by atoms with Crippen LogP contribution >= 0.6 is 0 Å². The molecule has 0 aromatic heterocycles. The number of nitrogens with one attached hydrogen (secondary N) is 1. The average Bonchev–Trinajstić information content (AvgIpc) is 2.46. The molecule has 116 valence electrons. The van der Waals surface area contributed by atoms with E-state index in [0.717, 1.165) is 38.7 Å². The van der Waals surface area contributed by atoms with E-state index in [-0.39, 0.29) is 11.0 Å². The second-order valence-corrected chi connectivity index (χ2v) is 6.45. The second-order valence-electron chi connectivity index (χ2n) is 6.45. The number of hydrogen-bond donors (Lipinski definition) is 1. The number of nitrogens with zero attached hydrogens (tertiary/aromatic N) is 1. The monoisotopic (exact) mass is 298 g/mol. The SMILES string of the molecule is Fc1cc(F)c(CN2CCCC3(CCCNC3)C2)cc1F. The zero-order chi connectivity index (χ0) is 14.9. The van der Waals surface area contributed by atoms with Crippen LogP contribution in [0, 0.1) is 22.9 Å². The minimum atomic E-state index is -1.12. The summed E-state index contributed by atoms with van der Waals surface area (Å²) < 4.78 is 40.1. The van der Waals surface area contributed by atoms with Crippen molar-refractivity contribution >= 4 is 0 Å². The van der Waals surface area contributed by atoms with Crippen molar-refractivity contribution in [3.05, 3.63) is 35.1 Å². The molecule has 2 aliphatic rings. The van der Waals surface area contributed by atoms with E-state index >= 15 is 0 Å². The molecule has 3 rings (SSSR count). The predicted octanol–water partition coefficient (Wildman–Crippen LogP) is 3.07. The predicted molar refractivity (Wildman–Crippen MR) is 75.4 cm³/mol. The Kier molecular flexibility index (Phi) is 4.22. The van der Waals surface area contributed by atoms with Crippen molar-refractivity contribution in [2.45, 2.75) is 32.2 Å². The summed E-state index contributed by atoms with van der Waals surface area (Å²) >= 11 is 0. The van der Waals surface area contributed by atoms with Gasteiger partial charge in [0.1, 0.15) is 5.82 Å². The van der Waals surface area contributed by atoms with Crippen molar-refractivity contribution < 1.29 is 13.2 Å². The van der Waals surface area contributed by atoms with E-state index in [2.05, 4.69) is 10.2 Å². The third-order valence-electron chi connectivity index (χ3n) is 4.78. The molecular weight excluding hydrogens is 277 g/mol. The number of hydrogen-bond acceptors (Lipinski definition) is 2. The van der Waals surface area contributed by atoms with Gasteiger partial charge in [-0.1, -0.05) is 0 Å². The standard InChI is InChI=1S/C16H21F3N2/c17-13-8-15(19)14(18)7-12(13)9-21-6-2-4-16(11-21)3-1-5-20-10-16/h7-8,20H,1-6,9-11H2. The van der Waals surface area contributed by atoms with Gasteiger partial charge in [0.15, 0.2) is 11.6 Å². The van der Waals surface area contributed by atoms with Gasteiger partial charge in [-0.2, -0.15) is 0 Å². The first-order chi connectivity index (χ1) is 10.1. The van der Waals surface area contributed by atoms with Crippen molar-refractivity contribution in [2.24, 2.45) is 5.41 Å². The summed E-state index contributed by atoms with van der Waals surface area (Å²) in [4.78, 5) is 2.17. The van der Waals surface area contributed by atoms with Crippen LogP contribution in [-0.4, -0.2) is 31.1 Å². The van der Waals surface area contributed by atoms with E-state index in [4.69, 9.17) is 0 Å². The highest BCUT2D eigenvalue weighted by Gasteiger charge is 2.36. The quantitative estimate of drug-likeness (QED) is 0.844. The summed E-state index contributed by atoms with van der Waals surface area (Å²) in [7, 11) is 0. The molecule has 0 bridgehead atoms. The fourth-order valence-corrected chi connectivity index (χ4v) is 3.75. The first kappa shape index (κ1) is 14.9. The van der Waals surface area contributed by atoms with Crippen LogP contribution in [0.4, 0.5) is 13.2 Å². The Morgan fingerprint density at radius 3 is 2.57 bits per heavy atom. The summed E-state index contributed by atoms with van der Waals surface area (Å²) in [6.45, 7) is 4.21. The summed E-state index contributed by atoms with van der Waals surface area (Å²) in [6, 6.07) is 1.64.